The predicted octanol–water partition coefficient (Wildman–Crippen LogP) is -1.51. The molecular weight excluding hydrogens is 380 g/mol. The first-order valence-electron chi connectivity index (χ1n) is 7.35. The van der Waals surface area contributed by atoms with Gasteiger partial charge in [-0.2, -0.15) is 0 Å². The molecule has 1 aromatic rings. The number of fused-ring (bicyclic) bond motifs is 1. The highest BCUT2D eigenvalue weighted by Gasteiger charge is 2.43. The standard InChI is InChI=1S/C16H12N2O6S2/c1-7(15(23)24)18-14(22)12(26-16(18)25)11-8-4-2-3-5-9(8)17(13(11)21)6-10(19)20/h2-5,7H,6H2,1H3,(H,19,20)(H,23,24)/p-2/b12-11-/t7-/m1/s1. The molecule has 1 saturated heterocycles. The lowest BCUT2D eigenvalue weighted by Crippen LogP contribution is -2.48. The van der Waals surface area contributed by atoms with Crippen LogP contribution in [0.3, 0.4) is 0 Å². The summed E-state index contributed by atoms with van der Waals surface area (Å²) in [6, 6.07) is 5.09. The van der Waals surface area contributed by atoms with Crippen LogP contribution in [-0.4, -0.2) is 45.6 Å². The Morgan fingerprint density at radius 1 is 1.19 bits per heavy atom. The molecule has 1 atom stereocenters. The molecule has 0 bridgehead atoms. The molecule has 1 aromatic carbocycles. The number of hydrogen-bond donors (Lipinski definition) is 0. The van der Waals surface area contributed by atoms with E-state index < -0.39 is 36.3 Å². The SMILES string of the molecule is C[C@H](C(=O)[O-])N1C(=O)/C(=C2/C(=O)N(CC(=O)[O-])c3ccccc32)SC1=S. The third-order valence-electron chi connectivity index (χ3n) is 3.96. The van der Waals surface area contributed by atoms with E-state index in [4.69, 9.17) is 12.2 Å². The molecule has 2 amide bonds. The minimum Gasteiger partial charge on any atom is -0.548 e. The maximum atomic E-state index is 12.8. The van der Waals surface area contributed by atoms with Gasteiger partial charge in [-0.05, 0) is 13.0 Å². The summed E-state index contributed by atoms with van der Waals surface area (Å²) in [6.07, 6.45) is 0. The van der Waals surface area contributed by atoms with Crippen LogP contribution >= 0.6 is 24.0 Å². The van der Waals surface area contributed by atoms with Gasteiger partial charge in [-0.25, -0.2) is 0 Å². The van der Waals surface area contributed by atoms with Gasteiger partial charge in [0.2, 0.25) is 0 Å². The van der Waals surface area contributed by atoms with E-state index in [9.17, 15) is 29.4 Å². The lowest BCUT2D eigenvalue weighted by Gasteiger charge is -2.23. The van der Waals surface area contributed by atoms with Gasteiger partial charge in [0.05, 0.1) is 40.7 Å². The first kappa shape index (κ1) is 18.1. The normalized spacial score (nSPS) is 20.6. The van der Waals surface area contributed by atoms with Crippen molar-refractivity contribution in [3.05, 3.63) is 34.7 Å². The van der Waals surface area contributed by atoms with Crippen LogP contribution in [0.2, 0.25) is 0 Å². The third-order valence-corrected chi connectivity index (χ3v) is 5.37. The molecule has 26 heavy (non-hydrogen) atoms. The van der Waals surface area contributed by atoms with Gasteiger partial charge in [-0.3, -0.25) is 14.5 Å². The van der Waals surface area contributed by atoms with Crippen molar-refractivity contribution in [1.29, 1.82) is 0 Å². The minimum absolute atomic E-state index is 0.00718. The minimum atomic E-state index is -1.48. The highest BCUT2D eigenvalue weighted by Crippen LogP contribution is 2.44. The fourth-order valence-electron chi connectivity index (χ4n) is 2.76. The van der Waals surface area contributed by atoms with Gasteiger partial charge in [-0.1, -0.05) is 42.2 Å². The molecule has 134 valence electrons. The van der Waals surface area contributed by atoms with Crippen molar-refractivity contribution in [3.8, 4) is 0 Å². The predicted molar refractivity (Wildman–Crippen MR) is 92.2 cm³/mol. The molecule has 3 rings (SSSR count). The summed E-state index contributed by atoms with van der Waals surface area (Å²) in [6.45, 7) is 0.579. The Morgan fingerprint density at radius 3 is 2.46 bits per heavy atom. The van der Waals surface area contributed by atoms with Crippen molar-refractivity contribution in [2.45, 2.75) is 13.0 Å². The first-order valence-corrected chi connectivity index (χ1v) is 8.58. The molecular formula is C16H10N2O6S2-2. The molecule has 0 radical (unpaired) electrons. The van der Waals surface area contributed by atoms with E-state index >= 15 is 0 Å². The molecule has 0 saturated carbocycles. The number of aliphatic carboxylic acids is 2. The molecule has 0 spiro atoms. The highest BCUT2D eigenvalue weighted by molar-refractivity contribution is 8.26. The molecule has 0 aliphatic carbocycles. The third kappa shape index (κ3) is 2.76. The van der Waals surface area contributed by atoms with Gasteiger partial charge in [0.1, 0.15) is 4.32 Å². The van der Waals surface area contributed by atoms with Crippen LogP contribution in [0, 0.1) is 0 Å². The Labute approximate surface area is 157 Å². The number of rotatable bonds is 4. The topological polar surface area (TPSA) is 121 Å². The monoisotopic (exact) mass is 390 g/mol. The van der Waals surface area contributed by atoms with E-state index in [1.807, 2.05) is 0 Å². The van der Waals surface area contributed by atoms with Gasteiger partial charge in [0.15, 0.2) is 0 Å². The number of carbonyl (C=O) groups is 4. The number of nitrogens with zero attached hydrogens (tertiary/aromatic N) is 2. The van der Waals surface area contributed by atoms with Crippen molar-refractivity contribution < 1.29 is 29.4 Å². The van der Waals surface area contributed by atoms with E-state index in [0.29, 0.717) is 11.3 Å². The maximum absolute atomic E-state index is 12.8. The quantitative estimate of drug-likeness (QED) is 0.450. The van der Waals surface area contributed by atoms with Crippen LogP contribution in [0.25, 0.3) is 5.57 Å². The van der Waals surface area contributed by atoms with Gasteiger partial charge in [-0.15, -0.1) is 0 Å². The van der Waals surface area contributed by atoms with Crippen LogP contribution in [0.15, 0.2) is 29.2 Å². The number of para-hydroxylation sites is 1. The maximum Gasteiger partial charge on any atom is 0.267 e. The van der Waals surface area contributed by atoms with E-state index in [-0.39, 0.29) is 14.8 Å². The van der Waals surface area contributed by atoms with Crippen LogP contribution in [0.1, 0.15) is 12.5 Å². The zero-order valence-corrected chi connectivity index (χ0v) is 14.9. The summed E-state index contributed by atoms with van der Waals surface area (Å²) >= 11 is 5.87. The summed E-state index contributed by atoms with van der Waals surface area (Å²) in [5, 5.41) is 22.1. The van der Waals surface area contributed by atoms with Gasteiger partial charge >= 0.3 is 0 Å². The van der Waals surface area contributed by atoms with Gasteiger partial charge in [0, 0.05) is 5.56 Å². The fraction of sp³-hybridized carbons (Fsp3) is 0.188. The molecule has 2 heterocycles. The van der Waals surface area contributed by atoms with Gasteiger partial charge < -0.3 is 24.7 Å². The zero-order valence-electron chi connectivity index (χ0n) is 13.3. The number of thioether (sulfide) groups is 1. The summed E-state index contributed by atoms with van der Waals surface area (Å²) < 4.78 is -0.0159. The summed E-state index contributed by atoms with van der Waals surface area (Å²) in [7, 11) is 0. The van der Waals surface area contributed by atoms with Crippen LogP contribution in [-0.2, 0) is 19.2 Å². The molecule has 0 unspecified atom stereocenters. The molecule has 1 fully saturated rings. The number of thiocarbonyl (C=S) groups is 1. The molecule has 2 aliphatic heterocycles. The Balaban J connectivity index is 2.12. The molecule has 8 nitrogen and oxygen atoms in total. The van der Waals surface area contributed by atoms with E-state index in [2.05, 4.69) is 0 Å². The van der Waals surface area contributed by atoms with E-state index in [1.54, 1.807) is 24.3 Å². The fourth-order valence-corrected chi connectivity index (χ4v) is 4.25. The van der Waals surface area contributed by atoms with Crippen LogP contribution in [0.5, 0.6) is 0 Å². The van der Waals surface area contributed by atoms with Crippen molar-refractivity contribution >= 4 is 63.3 Å². The second-order valence-corrected chi connectivity index (χ2v) is 7.17. The highest BCUT2D eigenvalue weighted by atomic mass is 32.2. The first-order chi connectivity index (χ1) is 12.2. The van der Waals surface area contributed by atoms with Crippen LogP contribution < -0.4 is 15.1 Å². The summed E-state index contributed by atoms with van der Waals surface area (Å²) in [4.78, 5) is 49.4. The molecule has 0 aromatic heterocycles. The Hall–Kier alpha value is -2.72. The Morgan fingerprint density at radius 2 is 1.85 bits per heavy atom. The number of hydrogen-bond acceptors (Lipinski definition) is 8. The van der Waals surface area contributed by atoms with Crippen molar-refractivity contribution in [1.82, 2.24) is 4.90 Å². The summed E-state index contributed by atoms with van der Waals surface area (Å²) in [5.41, 5.74) is 0.697. The Kier molecular flexibility index (Phi) is 4.55. The Bertz CT molecular complexity index is 910. The second-order valence-electron chi connectivity index (χ2n) is 5.52. The number of anilines is 1. The van der Waals surface area contributed by atoms with E-state index in [1.165, 1.54) is 6.92 Å². The average molecular weight is 390 g/mol. The molecule has 0 N–H and O–H groups in total. The van der Waals surface area contributed by atoms with Gasteiger partial charge in [0.25, 0.3) is 11.8 Å². The number of carboxylic acids is 2. The number of carbonyl (C=O) groups excluding carboxylic acids is 4. The van der Waals surface area contributed by atoms with E-state index in [0.717, 1.165) is 21.6 Å². The van der Waals surface area contributed by atoms with Crippen molar-refractivity contribution in [3.63, 3.8) is 0 Å². The van der Waals surface area contributed by atoms with Crippen molar-refractivity contribution in [2.75, 3.05) is 11.4 Å². The van der Waals surface area contributed by atoms with Crippen LogP contribution in [0.4, 0.5) is 5.69 Å². The molecule has 10 heteroatoms. The van der Waals surface area contributed by atoms with Crippen molar-refractivity contribution in [2.24, 2.45) is 0 Å². The second kappa shape index (κ2) is 6.54. The lowest BCUT2D eigenvalue weighted by molar-refractivity contribution is -0.309. The number of carboxylic acid groups (broad SMARTS) is 2. The number of amides is 2. The average Bonchev–Trinajstić information content (AvgIpc) is 3.01. The lowest BCUT2D eigenvalue weighted by atomic mass is 10.1. The smallest absolute Gasteiger partial charge is 0.267 e. The zero-order chi connectivity index (χ0) is 19.2. The number of benzene rings is 1. The molecule has 2 aliphatic rings. The largest absolute Gasteiger partial charge is 0.548 e. The summed E-state index contributed by atoms with van der Waals surface area (Å²) in [5.74, 6) is -4.35.